The van der Waals surface area contributed by atoms with Gasteiger partial charge in [0.05, 0.1) is 37.2 Å². The maximum atomic E-state index is 14.2. The van der Waals surface area contributed by atoms with E-state index in [0.717, 1.165) is 37.1 Å². The molecule has 1 aromatic carbocycles. The van der Waals surface area contributed by atoms with Crippen molar-refractivity contribution in [1.82, 2.24) is 15.2 Å². The number of rotatable bonds is 10. The molecule has 2 saturated carbocycles. The van der Waals surface area contributed by atoms with Crippen molar-refractivity contribution in [1.29, 1.82) is 0 Å². The number of hydrogen-bond acceptors (Lipinski definition) is 11. The molecule has 196 valence electrons. The molecule has 0 amide bonds. The van der Waals surface area contributed by atoms with Crippen LogP contribution in [0.15, 0.2) is 29.6 Å². The van der Waals surface area contributed by atoms with Gasteiger partial charge in [-0.3, -0.25) is 10.4 Å². The van der Waals surface area contributed by atoms with Crippen molar-refractivity contribution in [2.24, 2.45) is 0 Å². The third-order valence-corrected chi connectivity index (χ3v) is 7.49. The van der Waals surface area contributed by atoms with E-state index in [9.17, 15) is 19.0 Å². The van der Waals surface area contributed by atoms with E-state index in [2.05, 4.69) is 17.3 Å². The first-order valence-corrected chi connectivity index (χ1v) is 13.1. The molecule has 4 N–H and O–H groups in total. The predicted molar refractivity (Wildman–Crippen MR) is 130 cm³/mol. The van der Waals surface area contributed by atoms with E-state index in [-0.39, 0.29) is 25.7 Å². The molecular weight excluding hydrogens is 494 g/mol. The zero-order chi connectivity index (χ0) is 25.4. The highest BCUT2D eigenvalue weighted by Crippen LogP contribution is 2.43. The minimum absolute atomic E-state index is 0.00553. The zero-order valence-electron chi connectivity index (χ0n) is 19.8. The van der Waals surface area contributed by atoms with E-state index in [1.807, 2.05) is 5.01 Å². The number of aliphatic hydroxyl groups excluding tert-OH is 3. The van der Waals surface area contributed by atoms with Crippen molar-refractivity contribution in [2.75, 3.05) is 34.4 Å². The number of hydrogen-bond donors (Lipinski definition) is 4. The topological polar surface area (TPSA) is 117 Å². The first-order valence-electron chi connectivity index (χ1n) is 12.1. The summed E-state index contributed by atoms with van der Waals surface area (Å²) in [6, 6.07) is 3.06. The molecule has 2 fully saturated rings. The lowest BCUT2D eigenvalue weighted by atomic mass is 10.2. The quantitative estimate of drug-likeness (QED) is 0.270. The third kappa shape index (κ3) is 4.83. The molecular formula is C23H30F2N6O4S. The fourth-order valence-electron chi connectivity index (χ4n) is 4.58. The lowest BCUT2D eigenvalue weighted by Gasteiger charge is -2.42. The lowest BCUT2D eigenvalue weighted by Crippen LogP contribution is -2.60. The second kappa shape index (κ2) is 10.6. The summed E-state index contributed by atoms with van der Waals surface area (Å²) in [4.78, 5) is 9.18. The Balaban J connectivity index is 1.54. The Bertz CT molecular complexity index is 1080. The van der Waals surface area contributed by atoms with Crippen LogP contribution in [0.25, 0.3) is 0 Å². The summed E-state index contributed by atoms with van der Waals surface area (Å²) >= 11 is 1.51. The normalized spacial score (nSPS) is 25.8. The number of nitrogens with zero attached hydrogens (tertiary/aromatic N) is 5. The Hall–Kier alpha value is -2.29. The van der Waals surface area contributed by atoms with Gasteiger partial charge in [0, 0.05) is 24.3 Å². The number of ether oxygens (including phenoxy) is 1. The van der Waals surface area contributed by atoms with Crippen LogP contribution in [0.3, 0.4) is 0 Å². The second-order valence-corrected chi connectivity index (χ2v) is 10.1. The van der Waals surface area contributed by atoms with E-state index < -0.39 is 36.0 Å². The number of nitrogens with one attached hydrogen (secondary N) is 1. The van der Waals surface area contributed by atoms with Crippen LogP contribution >= 0.6 is 11.8 Å². The van der Waals surface area contributed by atoms with E-state index in [0.29, 0.717) is 22.3 Å². The molecule has 5 rings (SSSR count). The summed E-state index contributed by atoms with van der Waals surface area (Å²) in [5, 5.41) is 36.7. The molecule has 0 spiro atoms. The van der Waals surface area contributed by atoms with Crippen LogP contribution in [0, 0.1) is 11.6 Å². The minimum atomic E-state index is -1.20. The van der Waals surface area contributed by atoms with Gasteiger partial charge in [0.1, 0.15) is 17.9 Å². The van der Waals surface area contributed by atoms with Gasteiger partial charge >= 0.3 is 0 Å². The van der Waals surface area contributed by atoms with E-state index >= 15 is 0 Å². The average molecular weight is 525 g/mol. The molecule has 2 heterocycles. The number of aliphatic hydroxyl groups is 3. The Labute approximate surface area is 211 Å². The molecule has 4 atom stereocenters. The van der Waals surface area contributed by atoms with Crippen LogP contribution in [0.4, 0.5) is 26.0 Å². The summed E-state index contributed by atoms with van der Waals surface area (Å²) in [6.07, 6.45) is 1.45. The molecule has 0 saturated heterocycles. The van der Waals surface area contributed by atoms with Crippen LogP contribution < -0.4 is 15.4 Å². The van der Waals surface area contributed by atoms with Crippen molar-refractivity contribution in [2.45, 2.75) is 68.2 Å². The summed E-state index contributed by atoms with van der Waals surface area (Å²) in [7, 11) is 0. The highest BCUT2D eigenvalue weighted by atomic mass is 32.2. The highest BCUT2D eigenvalue weighted by molar-refractivity contribution is 7.99. The standard InChI is InChI=1S/C23H30F2N6O4S/c1-2-9-36-23-26-12-17-22(27-23)30(18-11-19(35-8-7-32)21(34)20(18)33)31(28-17)29(13-3-4-13)14-5-6-15(24)16(25)10-14/h5-6,10,12-13,18-21,28,32-34H,2-4,7-9,11H2,1H3/t18-,19+,20+,21+/m1/s1. The van der Waals surface area contributed by atoms with Gasteiger partial charge < -0.3 is 20.1 Å². The number of anilines is 3. The van der Waals surface area contributed by atoms with E-state index in [4.69, 9.17) is 14.8 Å². The lowest BCUT2D eigenvalue weighted by molar-refractivity contribution is -0.0621. The van der Waals surface area contributed by atoms with Crippen LogP contribution in [0.5, 0.6) is 0 Å². The fourth-order valence-corrected chi connectivity index (χ4v) is 5.25. The van der Waals surface area contributed by atoms with Gasteiger partial charge in [-0.2, -0.15) is 0 Å². The Morgan fingerprint density at radius 1 is 1.22 bits per heavy atom. The van der Waals surface area contributed by atoms with Crippen LogP contribution in [0.1, 0.15) is 32.6 Å². The highest BCUT2D eigenvalue weighted by Gasteiger charge is 2.51. The summed E-state index contributed by atoms with van der Waals surface area (Å²) in [5.74, 6) is -0.573. The molecule has 0 unspecified atom stereocenters. The van der Waals surface area contributed by atoms with E-state index in [1.165, 1.54) is 17.8 Å². The monoisotopic (exact) mass is 524 g/mol. The van der Waals surface area contributed by atoms with Crippen molar-refractivity contribution in [3.8, 4) is 0 Å². The predicted octanol–water partition coefficient (Wildman–Crippen LogP) is 2.08. The van der Waals surface area contributed by atoms with Crippen LogP contribution in [0.2, 0.25) is 0 Å². The van der Waals surface area contributed by atoms with Gasteiger partial charge in [0.2, 0.25) is 0 Å². The largest absolute Gasteiger partial charge is 0.394 e. The zero-order valence-corrected chi connectivity index (χ0v) is 20.6. The van der Waals surface area contributed by atoms with Gasteiger partial charge in [-0.15, -0.1) is 0 Å². The van der Waals surface area contributed by atoms with Crippen molar-refractivity contribution in [3.05, 3.63) is 36.0 Å². The Morgan fingerprint density at radius 2 is 2.03 bits per heavy atom. The van der Waals surface area contributed by atoms with Gasteiger partial charge in [0.15, 0.2) is 22.6 Å². The molecule has 10 nitrogen and oxygen atoms in total. The number of fused-ring (bicyclic) bond motifs is 1. The summed E-state index contributed by atoms with van der Waals surface area (Å²) in [6.45, 7) is 1.89. The van der Waals surface area contributed by atoms with Gasteiger partial charge in [0.25, 0.3) is 0 Å². The average Bonchev–Trinajstić information content (AvgIpc) is 3.59. The third-order valence-electron chi connectivity index (χ3n) is 6.42. The van der Waals surface area contributed by atoms with Crippen molar-refractivity contribution in [3.63, 3.8) is 0 Å². The maximum Gasteiger partial charge on any atom is 0.189 e. The maximum absolute atomic E-state index is 14.2. The van der Waals surface area contributed by atoms with Gasteiger partial charge in [-0.25, -0.2) is 23.8 Å². The molecule has 36 heavy (non-hydrogen) atoms. The molecule has 0 radical (unpaired) electrons. The van der Waals surface area contributed by atoms with Crippen LogP contribution in [-0.2, 0) is 4.74 Å². The smallest absolute Gasteiger partial charge is 0.189 e. The molecule has 3 aliphatic rings. The molecule has 2 aromatic rings. The number of benzene rings is 1. The number of thioether (sulfide) groups is 1. The van der Waals surface area contributed by atoms with Gasteiger partial charge in [-0.1, -0.05) is 18.7 Å². The molecule has 13 heteroatoms. The second-order valence-electron chi connectivity index (χ2n) is 9.08. The molecule has 0 bridgehead atoms. The Kier molecular flexibility index (Phi) is 7.47. The Morgan fingerprint density at radius 3 is 2.72 bits per heavy atom. The summed E-state index contributed by atoms with van der Waals surface area (Å²) in [5.41, 5.74) is 4.26. The van der Waals surface area contributed by atoms with Gasteiger partial charge in [-0.05, 0) is 36.6 Å². The first-order chi connectivity index (χ1) is 17.4. The van der Waals surface area contributed by atoms with E-state index in [1.54, 1.807) is 16.4 Å². The molecule has 1 aromatic heterocycles. The number of hydrazine groups is 3. The number of aromatic nitrogens is 2. The van der Waals surface area contributed by atoms with Crippen LogP contribution in [-0.4, -0.2) is 79.9 Å². The van der Waals surface area contributed by atoms with Crippen molar-refractivity contribution >= 4 is 29.0 Å². The SMILES string of the molecule is CCCSc1ncc2c(n1)N([C@@H]1C[C@H](OCCO)[C@H](O)[C@H]1O)N(N(c1ccc(F)c(F)c1)C1CC1)N2. The number of halogens is 2. The molecule has 2 aliphatic carbocycles. The fraction of sp³-hybridized carbons (Fsp3) is 0.565. The molecule has 1 aliphatic heterocycles. The summed E-state index contributed by atoms with van der Waals surface area (Å²) < 4.78 is 33.6. The van der Waals surface area contributed by atoms with Crippen molar-refractivity contribution < 1.29 is 28.8 Å². The first kappa shape index (κ1) is 25.4. The minimum Gasteiger partial charge on any atom is -0.394 e.